The van der Waals surface area contributed by atoms with Crippen LogP contribution in [0.1, 0.15) is 65.0 Å². The number of benzene rings is 3. The fourth-order valence-corrected chi connectivity index (χ4v) is 6.89. The Morgan fingerprint density at radius 3 is 2.55 bits per heavy atom. The molecule has 1 N–H and O–H groups in total. The minimum atomic E-state index is -3.46. The van der Waals surface area contributed by atoms with Crippen molar-refractivity contribution < 1.29 is 32.5 Å². The summed E-state index contributed by atoms with van der Waals surface area (Å²) in [5, 5.41) is 9.65. The van der Waals surface area contributed by atoms with E-state index in [-0.39, 0.29) is 39.5 Å². The van der Waals surface area contributed by atoms with Crippen LogP contribution in [0.4, 0.5) is 13.2 Å². The van der Waals surface area contributed by atoms with Crippen molar-refractivity contribution in [2.45, 2.75) is 62.8 Å². The molecule has 44 heavy (non-hydrogen) atoms. The number of imidazole rings is 1. The van der Waals surface area contributed by atoms with E-state index < -0.39 is 23.3 Å². The van der Waals surface area contributed by atoms with Crippen LogP contribution in [0.5, 0.6) is 5.75 Å². The molecule has 0 radical (unpaired) electrons. The maximum atomic E-state index is 15.9. The summed E-state index contributed by atoms with van der Waals surface area (Å²) in [6.07, 6.45) is 2.43. The number of carboxylic acids is 1. The lowest BCUT2D eigenvalue weighted by molar-refractivity contribution is -0.144. The van der Waals surface area contributed by atoms with Crippen LogP contribution in [0.25, 0.3) is 11.0 Å². The lowest BCUT2D eigenvalue weighted by Crippen LogP contribution is -2.41. The fraction of sp³-hybridized carbons (Fsp3) is 0.394. The zero-order valence-corrected chi connectivity index (χ0v) is 24.8. The first-order valence-electron chi connectivity index (χ1n) is 14.8. The van der Waals surface area contributed by atoms with Gasteiger partial charge in [-0.2, -0.15) is 8.78 Å². The molecule has 1 aromatic heterocycles. The zero-order valence-electron chi connectivity index (χ0n) is 24.0. The summed E-state index contributed by atoms with van der Waals surface area (Å²) >= 11 is 5.89. The number of hydrogen-bond acceptors (Lipinski definition) is 5. The number of nitrogens with zero attached hydrogens (tertiary/aromatic N) is 3. The van der Waals surface area contributed by atoms with E-state index in [0.29, 0.717) is 51.2 Å². The Labute approximate surface area is 257 Å². The van der Waals surface area contributed by atoms with E-state index in [1.807, 2.05) is 6.07 Å². The van der Waals surface area contributed by atoms with Crippen LogP contribution in [0, 0.1) is 5.82 Å². The SMILES string of the molecule is CC1(c2ccc(Cl)cc2F)Oc2c(C3CCN(Cc4nc5ccc(C(=O)O)cc5n4CC4CCO4)CC3)cccc2C1(F)F. The number of aromatic carboxylic acids is 1. The number of alkyl halides is 2. The highest BCUT2D eigenvalue weighted by atomic mass is 35.5. The second-order valence-corrected chi connectivity index (χ2v) is 12.5. The number of halogens is 4. The Bertz CT molecular complexity index is 1770. The summed E-state index contributed by atoms with van der Waals surface area (Å²) in [4.78, 5) is 18.7. The van der Waals surface area contributed by atoms with Gasteiger partial charge in [-0.25, -0.2) is 14.2 Å². The van der Waals surface area contributed by atoms with Gasteiger partial charge in [-0.15, -0.1) is 0 Å². The molecule has 2 fully saturated rings. The largest absolute Gasteiger partial charge is 0.478 e. The molecule has 0 saturated carbocycles. The van der Waals surface area contributed by atoms with Crippen molar-refractivity contribution in [2.24, 2.45) is 0 Å². The van der Waals surface area contributed by atoms with Crippen LogP contribution in [-0.4, -0.2) is 51.3 Å². The first-order chi connectivity index (χ1) is 21.0. The Morgan fingerprint density at radius 2 is 1.86 bits per heavy atom. The molecule has 11 heteroatoms. The normalized spacial score (nSPS) is 23.3. The third kappa shape index (κ3) is 4.74. The molecule has 2 unspecified atom stereocenters. The molecule has 7 nitrogen and oxygen atoms in total. The molecule has 2 atom stereocenters. The van der Waals surface area contributed by atoms with Gasteiger partial charge in [0.2, 0.25) is 5.60 Å². The smallest absolute Gasteiger partial charge is 0.335 e. The number of rotatable bonds is 7. The fourth-order valence-electron chi connectivity index (χ4n) is 6.73. The van der Waals surface area contributed by atoms with Crippen LogP contribution in [-0.2, 0) is 29.3 Å². The summed E-state index contributed by atoms with van der Waals surface area (Å²) in [6, 6.07) is 13.5. The highest BCUT2D eigenvalue weighted by Crippen LogP contribution is 2.59. The maximum absolute atomic E-state index is 15.9. The number of hydrogen-bond donors (Lipinski definition) is 1. The first-order valence-corrected chi connectivity index (χ1v) is 15.1. The van der Waals surface area contributed by atoms with Crippen LogP contribution < -0.4 is 4.74 Å². The molecule has 0 aliphatic carbocycles. The summed E-state index contributed by atoms with van der Waals surface area (Å²) < 4.78 is 60.5. The second-order valence-electron chi connectivity index (χ2n) is 12.0. The lowest BCUT2D eigenvalue weighted by atomic mass is 9.84. The van der Waals surface area contributed by atoms with E-state index in [9.17, 15) is 14.3 Å². The third-order valence-corrected chi connectivity index (χ3v) is 9.62. The van der Waals surface area contributed by atoms with E-state index in [1.165, 1.54) is 25.1 Å². The average molecular weight is 626 g/mol. The minimum Gasteiger partial charge on any atom is -0.478 e. The standard InChI is InChI=1S/C33H31ClF3N3O4/c1-32(24-7-6-21(34)16-26(24)35)33(36,37)25-4-2-3-23(30(25)44-32)19-9-12-39(13-10-19)18-29-38-27-8-5-20(31(41)42)15-28(27)40(29)17-22-11-14-43-22/h2-8,15-16,19,22H,9-14,17-18H2,1H3,(H,41,42). The van der Waals surface area contributed by atoms with Crippen molar-refractivity contribution in [2.75, 3.05) is 19.7 Å². The summed E-state index contributed by atoms with van der Waals surface area (Å²) in [5.41, 5.74) is -0.281. The van der Waals surface area contributed by atoms with Gasteiger partial charge in [0, 0.05) is 17.2 Å². The summed E-state index contributed by atoms with van der Waals surface area (Å²) in [5.74, 6) is -4.34. The zero-order chi connectivity index (χ0) is 30.8. The Kier molecular flexibility index (Phi) is 7.14. The molecule has 2 saturated heterocycles. The van der Waals surface area contributed by atoms with Crippen molar-refractivity contribution in [3.63, 3.8) is 0 Å². The maximum Gasteiger partial charge on any atom is 0.335 e. The molecule has 0 spiro atoms. The van der Waals surface area contributed by atoms with Gasteiger partial charge < -0.3 is 19.1 Å². The van der Waals surface area contributed by atoms with Crippen LogP contribution in [0.3, 0.4) is 0 Å². The number of aromatic nitrogens is 2. The van der Waals surface area contributed by atoms with E-state index >= 15 is 8.78 Å². The van der Waals surface area contributed by atoms with Crippen molar-refractivity contribution in [1.29, 1.82) is 0 Å². The second kappa shape index (κ2) is 10.8. The molecule has 3 aliphatic rings. The van der Waals surface area contributed by atoms with Gasteiger partial charge in [0.05, 0.1) is 41.4 Å². The highest BCUT2D eigenvalue weighted by molar-refractivity contribution is 6.30. The molecule has 4 aromatic rings. The number of likely N-dealkylation sites (tertiary alicyclic amines) is 1. The molecular formula is C33H31ClF3N3O4. The minimum absolute atomic E-state index is 0.0188. The number of fused-ring (bicyclic) bond motifs is 2. The van der Waals surface area contributed by atoms with Gasteiger partial charge in [0.25, 0.3) is 0 Å². The number of ether oxygens (including phenoxy) is 2. The summed E-state index contributed by atoms with van der Waals surface area (Å²) in [7, 11) is 0. The molecule has 0 amide bonds. The number of para-hydroxylation sites is 1. The van der Waals surface area contributed by atoms with Gasteiger partial charge in [0.15, 0.2) is 0 Å². The third-order valence-electron chi connectivity index (χ3n) is 9.38. The molecule has 3 aromatic carbocycles. The quantitative estimate of drug-likeness (QED) is 0.236. The van der Waals surface area contributed by atoms with Crippen molar-refractivity contribution in [3.05, 3.63) is 93.5 Å². The van der Waals surface area contributed by atoms with E-state index in [2.05, 4.69) is 9.47 Å². The van der Waals surface area contributed by atoms with Gasteiger partial charge in [-0.05, 0) is 87.2 Å². The number of carboxylic acid groups (broad SMARTS) is 1. The predicted molar refractivity (Wildman–Crippen MR) is 158 cm³/mol. The number of carbonyl (C=O) groups is 1. The average Bonchev–Trinajstić information content (AvgIpc) is 3.41. The van der Waals surface area contributed by atoms with E-state index in [4.69, 9.17) is 26.1 Å². The van der Waals surface area contributed by atoms with Gasteiger partial charge in [-0.1, -0.05) is 29.8 Å². The molecule has 7 rings (SSSR count). The summed E-state index contributed by atoms with van der Waals surface area (Å²) in [6.45, 7) is 4.51. The molecule has 0 bridgehead atoms. The lowest BCUT2D eigenvalue weighted by Gasteiger charge is -2.33. The first kappa shape index (κ1) is 29.1. The van der Waals surface area contributed by atoms with Gasteiger partial charge in [-0.3, -0.25) is 4.90 Å². The van der Waals surface area contributed by atoms with Crippen molar-refractivity contribution in [1.82, 2.24) is 14.5 Å². The molecule has 3 aliphatic heterocycles. The topological polar surface area (TPSA) is 76.8 Å². The van der Waals surface area contributed by atoms with E-state index in [0.717, 1.165) is 29.3 Å². The molecular weight excluding hydrogens is 595 g/mol. The van der Waals surface area contributed by atoms with Crippen molar-refractivity contribution in [3.8, 4) is 5.75 Å². The van der Waals surface area contributed by atoms with Crippen molar-refractivity contribution >= 4 is 28.6 Å². The Morgan fingerprint density at radius 1 is 1.09 bits per heavy atom. The monoisotopic (exact) mass is 625 g/mol. The van der Waals surface area contributed by atoms with E-state index in [1.54, 1.807) is 24.3 Å². The Balaban J connectivity index is 1.11. The number of piperidine rings is 1. The van der Waals surface area contributed by atoms with Crippen LogP contribution in [0.2, 0.25) is 5.02 Å². The van der Waals surface area contributed by atoms with Gasteiger partial charge in [0.1, 0.15) is 17.4 Å². The van der Waals surface area contributed by atoms with Crippen LogP contribution in [0.15, 0.2) is 54.6 Å². The van der Waals surface area contributed by atoms with Crippen LogP contribution >= 0.6 is 11.6 Å². The predicted octanol–water partition coefficient (Wildman–Crippen LogP) is 7.10. The Hall–Kier alpha value is -3.60. The van der Waals surface area contributed by atoms with Gasteiger partial charge >= 0.3 is 11.9 Å². The molecule has 4 heterocycles. The highest BCUT2D eigenvalue weighted by Gasteiger charge is 2.62. The molecule has 230 valence electrons.